The molecule has 0 saturated heterocycles. The maximum absolute atomic E-state index is 13.7. The van der Waals surface area contributed by atoms with E-state index in [-0.39, 0.29) is 12.3 Å². The molecule has 0 aliphatic carbocycles. The predicted molar refractivity (Wildman–Crippen MR) is 142 cm³/mol. The molecule has 0 spiro atoms. The van der Waals surface area contributed by atoms with E-state index in [0.29, 0.717) is 54.4 Å². The fourth-order valence-corrected chi connectivity index (χ4v) is 4.68. The van der Waals surface area contributed by atoms with E-state index in [2.05, 4.69) is 0 Å². The number of carbonyl (C=O) groups excluding carboxylic acids is 1. The smallest absolute Gasteiger partial charge is 0.232 e. The lowest BCUT2D eigenvalue weighted by atomic mass is 9.86. The Kier molecular flexibility index (Phi) is 8.26. The summed E-state index contributed by atoms with van der Waals surface area (Å²) in [5, 5.41) is 0.611. The minimum absolute atomic E-state index is 0.0201. The maximum atomic E-state index is 13.7. The van der Waals surface area contributed by atoms with Gasteiger partial charge >= 0.3 is 0 Å². The number of hydrogen-bond acceptors (Lipinski definition) is 5. The highest BCUT2D eigenvalue weighted by atomic mass is 35.5. The molecule has 1 aliphatic rings. The fraction of sp³-hybridized carbons (Fsp3) is 0.345. The second-order valence-corrected chi connectivity index (χ2v) is 8.69. The van der Waals surface area contributed by atoms with Crippen molar-refractivity contribution >= 4 is 23.2 Å². The van der Waals surface area contributed by atoms with Crippen LogP contribution < -0.4 is 23.8 Å². The molecule has 6 nitrogen and oxygen atoms in total. The second-order valence-electron chi connectivity index (χ2n) is 8.26. The molecule has 3 aromatic rings. The van der Waals surface area contributed by atoms with E-state index in [1.807, 2.05) is 75.1 Å². The van der Waals surface area contributed by atoms with Crippen molar-refractivity contribution in [1.82, 2.24) is 0 Å². The van der Waals surface area contributed by atoms with Crippen LogP contribution in [-0.2, 0) is 11.2 Å². The number of carbonyl (C=O) groups is 1. The lowest BCUT2D eigenvalue weighted by Crippen LogP contribution is -2.41. The van der Waals surface area contributed by atoms with Crippen molar-refractivity contribution in [3.8, 4) is 23.0 Å². The van der Waals surface area contributed by atoms with Crippen molar-refractivity contribution in [2.75, 3.05) is 31.3 Å². The van der Waals surface area contributed by atoms with Crippen LogP contribution in [0.1, 0.15) is 50.4 Å². The molecule has 4 rings (SSSR count). The van der Waals surface area contributed by atoms with Crippen molar-refractivity contribution in [3.63, 3.8) is 0 Å². The van der Waals surface area contributed by atoms with Gasteiger partial charge in [-0.3, -0.25) is 4.79 Å². The zero-order chi connectivity index (χ0) is 25.7. The molecule has 36 heavy (non-hydrogen) atoms. The SMILES string of the molecule is CCOc1ccc(C2c3cc(OCC)c(OCC)cc3CC(=O)N2c2ccc(Cl)cc2)cc1OCC. The van der Waals surface area contributed by atoms with E-state index in [4.69, 9.17) is 30.5 Å². The van der Waals surface area contributed by atoms with Crippen molar-refractivity contribution in [2.24, 2.45) is 0 Å². The van der Waals surface area contributed by atoms with Gasteiger partial charge in [0.15, 0.2) is 23.0 Å². The number of hydrogen-bond donors (Lipinski definition) is 0. The first-order valence-corrected chi connectivity index (χ1v) is 12.8. The predicted octanol–water partition coefficient (Wildman–Crippen LogP) is 6.61. The molecule has 0 aromatic heterocycles. The largest absolute Gasteiger partial charge is 0.490 e. The molecule has 1 aliphatic heterocycles. The Morgan fingerprint density at radius 3 is 1.92 bits per heavy atom. The van der Waals surface area contributed by atoms with E-state index in [1.54, 1.807) is 12.1 Å². The van der Waals surface area contributed by atoms with E-state index < -0.39 is 6.04 Å². The van der Waals surface area contributed by atoms with Crippen molar-refractivity contribution in [3.05, 3.63) is 76.3 Å². The zero-order valence-corrected chi connectivity index (χ0v) is 21.9. The van der Waals surface area contributed by atoms with Crippen LogP contribution in [0, 0.1) is 0 Å². The van der Waals surface area contributed by atoms with Gasteiger partial charge in [-0.1, -0.05) is 17.7 Å². The molecule has 0 N–H and O–H groups in total. The summed E-state index contributed by atoms with van der Waals surface area (Å²) in [6.07, 6.45) is 0.246. The Morgan fingerprint density at radius 1 is 0.750 bits per heavy atom. The number of rotatable bonds is 10. The van der Waals surface area contributed by atoms with Crippen LogP contribution in [0.5, 0.6) is 23.0 Å². The first-order valence-electron chi connectivity index (χ1n) is 12.4. The Balaban J connectivity index is 1.93. The molecule has 0 bridgehead atoms. The van der Waals surface area contributed by atoms with Gasteiger partial charge < -0.3 is 23.8 Å². The molecule has 1 atom stereocenters. The number of anilines is 1. The number of benzene rings is 3. The topological polar surface area (TPSA) is 57.2 Å². The highest BCUT2D eigenvalue weighted by Gasteiger charge is 2.36. The van der Waals surface area contributed by atoms with Gasteiger partial charge in [0.05, 0.1) is 38.9 Å². The van der Waals surface area contributed by atoms with Crippen LogP contribution in [0.4, 0.5) is 5.69 Å². The Morgan fingerprint density at radius 2 is 1.31 bits per heavy atom. The molecule has 0 fully saturated rings. The Bertz CT molecular complexity index is 1210. The highest BCUT2D eigenvalue weighted by Crippen LogP contribution is 2.45. The number of halogens is 1. The van der Waals surface area contributed by atoms with Crippen molar-refractivity contribution < 1.29 is 23.7 Å². The minimum Gasteiger partial charge on any atom is -0.490 e. The Hall–Kier alpha value is -3.38. The van der Waals surface area contributed by atoms with Crippen LogP contribution >= 0.6 is 11.6 Å². The monoisotopic (exact) mass is 509 g/mol. The molecule has 190 valence electrons. The summed E-state index contributed by atoms with van der Waals surface area (Å²) in [5.41, 5.74) is 3.55. The zero-order valence-electron chi connectivity index (χ0n) is 21.2. The minimum atomic E-state index is -0.410. The standard InChI is InChI=1S/C29H32ClNO5/c1-5-33-24-14-9-19(15-25(24)34-6-2)29-23-18-27(36-8-4)26(35-7-3)16-20(23)17-28(32)31(29)22-12-10-21(30)11-13-22/h9-16,18,29H,5-8,17H2,1-4H3. The number of amides is 1. The molecule has 0 radical (unpaired) electrons. The fourth-order valence-electron chi connectivity index (χ4n) is 4.55. The molecule has 1 unspecified atom stereocenters. The molecule has 0 saturated carbocycles. The van der Waals surface area contributed by atoms with Crippen molar-refractivity contribution in [1.29, 1.82) is 0 Å². The van der Waals surface area contributed by atoms with Gasteiger partial charge in [-0.25, -0.2) is 0 Å². The van der Waals surface area contributed by atoms with Gasteiger partial charge in [-0.15, -0.1) is 0 Å². The third-order valence-corrected chi connectivity index (χ3v) is 6.21. The summed E-state index contributed by atoms with van der Waals surface area (Å²) in [6, 6.07) is 16.7. The van der Waals surface area contributed by atoms with E-state index in [0.717, 1.165) is 22.4 Å². The summed E-state index contributed by atoms with van der Waals surface area (Å²) < 4.78 is 23.5. The van der Waals surface area contributed by atoms with Gasteiger partial charge in [-0.05, 0) is 92.9 Å². The number of ether oxygens (including phenoxy) is 4. The summed E-state index contributed by atoms with van der Waals surface area (Å²) in [5.74, 6) is 2.60. The van der Waals surface area contributed by atoms with Gasteiger partial charge in [0.1, 0.15) is 0 Å². The quantitative estimate of drug-likeness (QED) is 0.307. The third kappa shape index (κ3) is 5.24. The second kappa shape index (κ2) is 11.6. The summed E-state index contributed by atoms with van der Waals surface area (Å²) in [6.45, 7) is 9.77. The maximum Gasteiger partial charge on any atom is 0.232 e. The highest BCUT2D eigenvalue weighted by molar-refractivity contribution is 6.30. The first-order chi connectivity index (χ1) is 17.5. The third-order valence-electron chi connectivity index (χ3n) is 5.96. The van der Waals surface area contributed by atoms with Gasteiger partial charge in [0.25, 0.3) is 0 Å². The van der Waals surface area contributed by atoms with E-state index >= 15 is 0 Å². The lowest BCUT2D eigenvalue weighted by Gasteiger charge is -2.38. The van der Waals surface area contributed by atoms with Gasteiger partial charge in [0.2, 0.25) is 5.91 Å². The number of fused-ring (bicyclic) bond motifs is 1. The molecule has 3 aromatic carbocycles. The van der Waals surface area contributed by atoms with Gasteiger partial charge in [0, 0.05) is 10.7 Å². The summed E-state index contributed by atoms with van der Waals surface area (Å²) >= 11 is 6.16. The number of nitrogens with zero attached hydrogens (tertiary/aromatic N) is 1. The average molecular weight is 510 g/mol. The van der Waals surface area contributed by atoms with Gasteiger partial charge in [-0.2, -0.15) is 0 Å². The lowest BCUT2D eigenvalue weighted by molar-refractivity contribution is -0.118. The van der Waals surface area contributed by atoms with Crippen LogP contribution in [0.15, 0.2) is 54.6 Å². The van der Waals surface area contributed by atoms with Crippen LogP contribution in [0.3, 0.4) is 0 Å². The summed E-state index contributed by atoms with van der Waals surface area (Å²) in [7, 11) is 0. The normalized spacial score (nSPS) is 14.9. The first kappa shape index (κ1) is 25.7. The van der Waals surface area contributed by atoms with Crippen LogP contribution in [0.25, 0.3) is 0 Å². The van der Waals surface area contributed by atoms with E-state index in [1.165, 1.54) is 0 Å². The average Bonchev–Trinajstić information content (AvgIpc) is 2.86. The van der Waals surface area contributed by atoms with Crippen LogP contribution in [0.2, 0.25) is 5.02 Å². The summed E-state index contributed by atoms with van der Waals surface area (Å²) in [4.78, 5) is 15.5. The van der Waals surface area contributed by atoms with Crippen LogP contribution in [-0.4, -0.2) is 32.3 Å². The van der Waals surface area contributed by atoms with Crippen molar-refractivity contribution in [2.45, 2.75) is 40.2 Å². The van der Waals surface area contributed by atoms with E-state index in [9.17, 15) is 4.79 Å². The Labute approximate surface area is 217 Å². The molecular formula is C29H32ClNO5. The molecule has 1 heterocycles. The molecular weight excluding hydrogens is 478 g/mol. The molecule has 7 heteroatoms. The molecule has 1 amide bonds.